The molecule has 2 aromatic heterocycles. The number of nitrogens with two attached hydrogens (primary N) is 1. The van der Waals surface area contributed by atoms with E-state index in [2.05, 4.69) is 15.6 Å². The molecule has 1 saturated heterocycles. The number of hydrogen-bond donors (Lipinski definition) is 1. The molecule has 0 saturated carbocycles. The van der Waals surface area contributed by atoms with Crippen molar-refractivity contribution in [3.05, 3.63) is 46.9 Å². The minimum absolute atomic E-state index is 0.152. The Morgan fingerprint density at radius 1 is 1.32 bits per heavy atom. The number of halogens is 1. The third kappa shape index (κ3) is 2.88. The van der Waals surface area contributed by atoms with Crippen molar-refractivity contribution in [2.24, 2.45) is 0 Å². The molecule has 3 heterocycles. The molecule has 0 bridgehead atoms. The van der Waals surface area contributed by atoms with Crippen LogP contribution >= 0.6 is 11.6 Å². The van der Waals surface area contributed by atoms with Crippen LogP contribution < -0.4 is 5.73 Å². The van der Waals surface area contributed by atoms with Crippen molar-refractivity contribution in [3.63, 3.8) is 0 Å². The lowest BCUT2D eigenvalue weighted by molar-refractivity contribution is -0.132. The number of likely N-dealkylation sites (tertiary alicyclic amines) is 1. The zero-order valence-corrected chi connectivity index (χ0v) is 16.5. The second kappa shape index (κ2) is 6.84. The highest BCUT2D eigenvalue weighted by molar-refractivity contribution is 6.36. The Morgan fingerprint density at radius 2 is 2.11 bits per heavy atom. The van der Waals surface area contributed by atoms with Crippen LogP contribution in [-0.2, 0) is 4.79 Å². The monoisotopic (exact) mass is 393 g/mol. The molecule has 1 unspecified atom stereocenters. The number of rotatable bonds is 2. The quantitative estimate of drug-likeness (QED) is 0.714. The van der Waals surface area contributed by atoms with Crippen LogP contribution in [0.15, 0.2) is 30.7 Å². The summed E-state index contributed by atoms with van der Waals surface area (Å²) < 4.78 is 2.20. The fraction of sp³-hybridized carbons (Fsp3) is 0.286. The van der Waals surface area contributed by atoms with Crippen LogP contribution in [0.3, 0.4) is 0 Å². The first-order valence-corrected chi connectivity index (χ1v) is 9.47. The van der Waals surface area contributed by atoms with Gasteiger partial charge >= 0.3 is 0 Å². The number of anilines is 1. The van der Waals surface area contributed by atoms with E-state index in [-0.39, 0.29) is 11.9 Å². The van der Waals surface area contributed by atoms with Crippen LogP contribution in [0.5, 0.6) is 0 Å². The van der Waals surface area contributed by atoms with Gasteiger partial charge in [-0.05, 0) is 31.0 Å². The predicted octanol–water partition coefficient (Wildman–Crippen LogP) is 3.91. The van der Waals surface area contributed by atoms with Crippen molar-refractivity contribution in [1.82, 2.24) is 14.5 Å². The minimum Gasteiger partial charge on any atom is -0.396 e. The first kappa shape index (κ1) is 18.3. The van der Waals surface area contributed by atoms with E-state index >= 15 is 0 Å². The molecule has 1 aliphatic heterocycles. The number of hydrogen-bond acceptors (Lipinski definition) is 4. The van der Waals surface area contributed by atoms with E-state index in [1.54, 1.807) is 11.1 Å². The smallest absolute Gasteiger partial charge is 0.222 e. The Kier molecular flexibility index (Phi) is 4.48. The topological polar surface area (TPSA) is 87.9 Å². The maximum atomic E-state index is 11.9. The number of nitriles is 1. The minimum atomic E-state index is 0.152. The van der Waals surface area contributed by atoms with Gasteiger partial charge < -0.3 is 15.2 Å². The molecule has 7 heteroatoms. The summed E-state index contributed by atoms with van der Waals surface area (Å²) in [4.78, 5) is 17.9. The molecular formula is C21H20ClN5O. The average molecular weight is 394 g/mol. The van der Waals surface area contributed by atoms with Gasteiger partial charge in [-0.2, -0.15) is 5.26 Å². The van der Waals surface area contributed by atoms with Gasteiger partial charge in [-0.25, -0.2) is 0 Å². The van der Waals surface area contributed by atoms with E-state index < -0.39 is 0 Å². The summed E-state index contributed by atoms with van der Waals surface area (Å²) in [6.07, 6.45) is 6.56. The molecule has 0 aliphatic carbocycles. The Hall–Kier alpha value is -3.04. The number of fused-ring (bicyclic) bond motifs is 1. The fourth-order valence-corrected chi connectivity index (χ4v) is 4.10. The normalized spacial score (nSPS) is 17.1. The van der Waals surface area contributed by atoms with Gasteiger partial charge in [0.2, 0.25) is 5.91 Å². The van der Waals surface area contributed by atoms with E-state index in [1.807, 2.05) is 32.3 Å². The van der Waals surface area contributed by atoms with E-state index in [1.165, 1.54) is 6.20 Å². The number of benzene rings is 1. The second-order valence-corrected chi connectivity index (χ2v) is 7.68. The van der Waals surface area contributed by atoms with E-state index in [4.69, 9.17) is 17.3 Å². The van der Waals surface area contributed by atoms with Gasteiger partial charge in [-0.3, -0.25) is 9.78 Å². The molecule has 1 atom stereocenters. The summed E-state index contributed by atoms with van der Waals surface area (Å²) in [6, 6.07) is 6.34. The van der Waals surface area contributed by atoms with Crippen molar-refractivity contribution in [2.45, 2.75) is 25.8 Å². The highest BCUT2D eigenvalue weighted by Gasteiger charge is 2.26. The van der Waals surface area contributed by atoms with Crippen LogP contribution in [0, 0.1) is 18.3 Å². The molecule has 4 rings (SSSR count). The number of carbonyl (C=O) groups is 1. The van der Waals surface area contributed by atoms with Crippen molar-refractivity contribution >= 4 is 34.1 Å². The van der Waals surface area contributed by atoms with E-state index in [9.17, 15) is 10.1 Å². The van der Waals surface area contributed by atoms with Crippen LogP contribution in [0.4, 0.5) is 5.69 Å². The van der Waals surface area contributed by atoms with Crippen LogP contribution in [0.25, 0.3) is 22.0 Å². The SMILES string of the molecule is Cc1cc2c(cc1C#N)c(-c1cncc(N)c1Cl)cn2C1CCC(=O)N(C)C1. The molecule has 1 aliphatic rings. The first-order chi connectivity index (χ1) is 13.4. The van der Waals surface area contributed by atoms with Gasteiger partial charge in [-0.15, -0.1) is 0 Å². The summed E-state index contributed by atoms with van der Waals surface area (Å²) in [7, 11) is 1.83. The number of carbonyl (C=O) groups excluding carboxylic acids is 1. The molecule has 1 amide bonds. The molecule has 0 radical (unpaired) electrons. The standard InChI is InChI=1S/C21H20ClN5O/c1-12-5-19-15(6-13(12)7-23)17(16-8-25-9-18(24)21(16)22)11-27(19)14-3-4-20(28)26(2)10-14/h5-6,8-9,11,14H,3-4,10,24H2,1-2H3. The lowest BCUT2D eigenvalue weighted by Gasteiger charge is -2.31. The molecule has 142 valence electrons. The number of likely N-dealkylation sites (N-methyl/N-ethyl adjacent to an activating group) is 1. The molecule has 1 aromatic carbocycles. The highest BCUT2D eigenvalue weighted by atomic mass is 35.5. The molecule has 6 nitrogen and oxygen atoms in total. The second-order valence-electron chi connectivity index (χ2n) is 7.30. The van der Waals surface area contributed by atoms with Gasteiger partial charge in [0.25, 0.3) is 0 Å². The van der Waals surface area contributed by atoms with Crippen molar-refractivity contribution in [3.8, 4) is 17.2 Å². The number of piperidine rings is 1. The molecule has 1 fully saturated rings. The van der Waals surface area contributed by atoms with Crippen LogP contribution in [0.1, 0.15) is 30.0 Å². The summed E-state index contributed by atoms with van der Waals surface area (Å²) in [5.74, 6) is 0.166. The average Bonchev–Trinajstić information content (AvgIpc) is 3.03. The number of aromatic nitrogens is 2. The van der Waals surface area contributed by atoms with Crippen molar-refractivity contribution < 1.29 is 4.79 Å². The Balaban J connectivity index is 1.97. The van der Waals surface area contributed by atoms with Crippen LogP contribution in [0.2, 0.25) is 5.02 Å². The van der Waals surface area contributed by atoms with Gasteiger partial charge in [-0.1, -0.05) is 11.6 Å². The number of pyridine rings is 1. The summed E-state index contributed by atoms with van der Waals surface area (Å²) >= 11 is 6.48. The molecule has 28 heavy (non-hydrogen) atoms. The highest BCUT2D eigenvalue weighted by Crippen LogP contribution is 2.40. The third-order valence-corrected chi connectivity index (χ3v) is 5.91. The fourth-order valence-electron chi connectivity index (χ4n) is 3.90. The van der Waals surface area contributed by atoms with Gasteiger partial charge in [0.1, 0.15) is 0 Å². The lowest BCUT2D eigenvalue weighted by Crippen LogP contribution is -2.37. The van der Waals surface area contributed by atoms with Crippen LogP contribution in [-0.4, -0.2) is 34.0 Å². The Labute approximate surface area is 168 Å². The third-order valence-electron chi connectivity index (χ3n) is 5.49. The molecule has 2 N–H and O–H groups in total. The maximum Gasteiger partial charge on any atom is 0.222 e. The zero-order chi connectivity index (χ0) is 20.0. The zero-order valence-electron chi connectivity index (χ0n) is 15.7. The van der Waals surface area contributed by atoms with Gasteiger partial charge in [0, 0.05) is 54.4 Å². The Morgan fingerprint density at radius 3 is 2.82 bits per heavy atom. The lowest BCUT2D eigenvalue weighted by atomic mass is 10.0. The molecular weight excluding hydrogens is 374 g/mol. The van der Waals surface area contributed by atoms with E-state index in [0.29, 0.717) is 29.2 Å². The summed E-state index contributed by atoms with van der Waals surface area (Å²) in [5.41, 5.74) is 10.5. The number of nitrogen functional groups attached to an aromatic ring is 1. The first-order valence-electron chi connectivity index (χ1n) is 9.09. The Bertz CT molecular complexity index is 1140. The largest absolute Gasteiger partial charge is 0.396 e. The number of nitrogens with zero attached hydrogens (tertiary/aromatic N) is 4. The predicted molar refractivity (Wildman–Crippen MR) is 110 cm³/mol. The van der Waals surface area contributed by atoms with Gasteiger partial charge in [0.15, 0.2) is 0 Å². The maximum absolute atomic E-state index is 11.9. The molecule has 3 aromatic rings. The van der Waals surface area contributed by atoms with Gasteiger partial charge in [0.05, 0.1) is 34.6 Å². The number of aryl methyl sites for hydroxylation is 1. The van der Waals surface area contributed by atoms with E-state index in [0.717, 1.165) is 34.0 Å². The molecule has 0 spiro atoms. The van der Waals surface area contributed by atoms with Crippen molar-refractivity contribution in [2.75, 3.05) is 19.3 Å². The number of amides is 1. The summed E-state index contributed by atoms with van der Waals surface area (Å²) in [5, 5.41) is 10.9. The summed E-state index contributed by atoms with van der Waals surface area (Å²) in [6.45, 7) is 2.57. The van der Waals surface area contributed by atoms with Crippen molar-refractivity contribution in [1.29, 1.82) is 5.26 Å².